The topological polar surface area (TPSA) is 51.5 Å². The summed E-state index contributed by atoms with van der Waals surface area (Å²) in [5.74, 6) is 0.0594. The van der Waals surface area contributed by atoms with Crippen LogP contribution in [0.5, 0.6) is 0 Å². The molecule has 1 aliphatic carbocycles. The molecule has 1 aromatic heterocycles. The lowest BCUT2D eigenvalue weighted by molar-refractivity contribution is 0.0859. The summed E-state index contributed by atoms with van der Waals surface area (Å²) in [7, 11) is 1.62. The highest BCUT2D eigenvalue weighted by Gasteiger charge is 2.32. The van der Waals surface area contributed by atoms with Gasteiger partial charge in [-0.1, -0.05) is 0 Å². The van der Waals surface area contributed by atoms with Gasteiger partial charge in [0.2, 0.25) is 0 Å². The summed E-state index contributed by atoms with van der Waals surface area (Å²) in [4.78, 5) is 12.2. The second-order valence-electron chi connectivity index (χ2n) is 5.17. The largest absolute Gasteiger partial charge is 0.451 e. The summed E-state index contributed by atoms with van der Waals surface area (Å²) in [6.45, 7) is 0.491. The van der Waals surface area contributed by atoms with Gasteiger partial charge in [0.15, 0.2) is 5.76 Å². The molecule has 4 nitrogen and oxygen atoms in total. The van der Waals surface area contributed by atoms with E-state index in [0.29, 0.717) is 23.5 Å². The first-order valence-electron chi connectivity index (χ1n) is 6.66. The number of carbonyl (C=O) groups is 1. The molecule has 1 atom stereocenters. The van der Waals surface area contributed by atoms with Crippen LogP contribution in [0.1, 0.15) is 23.4 Å². The minimum Gasteiger partial charge on any atom is -0.451 e. The fourth-order valence-electron chi connectivity index (χ4n) is 2.34. The monoisotopic (exact) mass is 277 g/mol. The van der Waals surface area contributed by atoms with Crippen LogP contribution in [0, 0.1) is 11.7 Å². The van der Waals surface area contributed by atoms with Gasteiger partial charge in [-0.2, -0.15) is 0 Å². The van der Waals surface area contributed by atoms with Crippen molar-refractivity contribution in [3.05, 3.63) is 35.8 Å². The molecule has 1 aromatic carbocycles. The summed E-state index contributed by atoms with van der Waals surface area (Å²) in [5, 5.41) is 3.51. The van der Waals surface area contributed by atoms with Crippen molar-refractivity contribution in [3.63, 3.8) is 0 Å². The lowest BCUT2D eigenvalue weighted by Gasteiger charge is -2.16. The zero-order chi connectivity index (χ0) is 14.1. The summed E-state index contributed by atoms with van der Waals surface area (Å²) in [6, 6.07) is 5.76. The predicted molar refractivity (Wildman–Crippen MR) is 72.0 cm³/mol. The maximum atomic E-state index is 13.1. The molecule has 0 aliphatic heterocycles. The van der Waals surface area contributed by atoms with Crippen molar-refractivity contribution in [1.82, 2.24) is 5.32 Å². The first-order chi connectivity index (χ1) is 9.67. The number of furan rings is 1. The molecule has 106 valence electrons. The van der Waals surface area contributed by atoms with E-state index in [2.05, 4.69) is 5.32 Å². The summed E-state index contributed by atoms with van der Waals surface area (Å²) >= 11 is 0. The van der Waals surface area contributed by atoms with Gasteiger partial charge in [0.1, 0.15) is 11.4 Å². The number of ether oxygens (including phenoxy) is 1. The van der Waals surface area contributed by atoms with E-state index < -0.39 is 0 Å². The number of hydrogen-bond acceptors (Lipinski definition) is 3. The molecule has 1 saturated carbocycles. The molecule has 0 saturated heterocycles. The quantitative estimate of drug-likeness (QED) is 0.914. The SMILES string of the molecule is COCC(NC(=O)c1cc2cc(F)ccc2o1)C1CC1. The average Bonchev–Trinajstić information content (AvgIpc) is 3.17. The lowest BCUT2D eigenvalue weighted by atomic mass is 10.2. The van der Waals surface area contributed by atoms with Gasteiger partial charge in [0, 0.05) is 12.5 Å². The van der Waals surface area contributed by atoms with Gasteiger partial charge in [-0.25, -0.2) is 4.39 Å². The molecule has 1 heterocycles. The van der Waals surface area contributed by atoms with E-state index in [9.17, 15) is 9.18 Å². The Balaban J connectivity index is 1.77. The number of nitrogens with one attached hydrogen (secondary N) is 1. The highest BCUT2D eigenvalue weighted by Crippen LogP contribution is 2.33. The molecule has 5 heteroatoms. The summed E-state index contributed by atoms with van der Waals surface area (Å²) < 4.78 is 23.7. The van der Waals surface area contributed by atoms with Crippen molar-refractivity contribution < 1.29 is 18.3 Å². The van der Waals surface area contributed by atoms with Crippen LogP contribution < -0.4 is 5.32 Å². The fraction of sp³-hybridized carbons (Fsp3) is 0.400. The first kappa shape index (κ1) is 13.1. The third kappa shape index (κ3) is 2.67. The van der Waals surface area contributed by atoms with Gasteiger partial charge in [-0.15, -0.1) is 0 Å². The normalized spacial score (nSPS) is 16.3. The molecule has 1 unspecified atom stereocenters. The zero-order valence-corrected chi connectivity index (χ0v) is 11.2. The molecule has 0 radical (unpaired) electrons. The van der Waals surface area contributed by atoms with Crippen molar-refractivity contribution in [3.8, 4) is 0 Å². The first-order valence-corrected chi connectivity index (χ1v) is 6.66. The molecule has 1 amide bonds. The number of hydrogen-bond donors (Lipinski definition) is 1. The summed E-state index contributed by atoms with van der Waals surface area (Å²) in [5.41, 5.74) is 0.506. The Morgan fingerprint density at radius 1 is 1.50 bits per heavy atom. The third-order valence-corrected chi connectivity index (χ3v) is 3.56. The second kappa shape index (κ2) is 5.25. The Bertz CT molecular complexity index is 633. The Morgan fingerprint density at radius 2 is 2.30 bits per heavy atom. The molecular weight excluding hydrogens is 261 g/mol. The van der Waals surface area contributed by atoms with E-state index in [1.165, 1.54) is 18.2 Å². The van der Waals surface area contributed by atoms with Gasteiger partial charge in [0.05, 0.1) is 12.6 Å². The van der Waals surface area contributed by atoms with E-state index in [1.807, 2.05) is 0 Å². The van der Waals surface area contributed by atoms with Crippen LogP contribution in [0.25, 0.3) is 11.0 Å². The molecular formula is C15H16FNO3. The number of rotatable bonds is 5. The zero-order valence-electron chi connectivity index (χ0n) is 11.2. The number of benzene rings is 1. The Kier molecular flexibility index (Phi) is 3.44. The number of fused-ring (bicyclic) bond motifs is 1. The molecule has 0 bridgehead atoms. The van der Waals surface area contributed by atoms with Crippen molar-refractivity contribution in [1.29, 1.82) is 0 Å². The fourth-order valence-corrected chi connectivity index (χ4v) is 2.34. The van der Waals surface area contributed by atoms with Crippen LogP contribution in [-0.4, -0.2) is 25.7 Å². The van der Waals surface area contributed by atoms with Crippen molar-refractivity contribution in [2.45, 2.75) is 18.9 Å². The van der Waals surface area contributed by atoms with Crippen LogP contribution in [0.4, 0.5) is 4.39 Å². The Morgan fingerprint density at radius 3 is 3.00 bits per heavy atom. The number of amides is 1. The van der Waals surface area contributed by atoms with Crippen LogP contribution in [-0.2, 0) is 4.74 Å². The number of carbonyl (C=O) groups excluding carboxylic acids is 1. The number of halogens is 1. The van der Waals surface area contributed by atoms with Crippen LogP contribution >= 0.6 is 0 Å². The van der Waals surface area contributed by atoms with E-state index in [-0.39, 0.29) is 23.5 Å². The highest BCUT2D eigenvalue weighted by molar-refractivity contribution is 5.96. The molecule has 1 fully saturated rings. The Hall–Kier alpha value is -1.88. The van der Waals surface area contributed by atoms with Crippen molar-refractivity contribution in [2.75, 3.05) is 13.7 Å². The minimum absolute atomic E-state index is 0.0115. The smallest absolute Gasteiger partial charge is 0.287 e. The van der Waals surface area contributed by atoms with Crippen LogP contribution in [0.3, 0.4) is 0 Å². The van der Waals surface area contributed by atoms with Crippen LogP contribution in [0.2, 0.25) is 0 Å². The summed E-state index contributed by atoms with van der Waals surface area (Å²) in [6.07, 6.45) is 2.22. The van der Waals surface area contributed by atoms with Gasteiger partial charge in [-0.3, -0.25) is 4.79 Å². The molecule has 20 heavy (non-hydrogen) atoms. The molecule has 2 aromatic rings. The van der Waals surface area contributed by atoms with Gasteiger partial charge in [-0.05, 0) is 43.0 Å². The average molecular weight is 277 g/mol. The second-order valence-corrected chi connectivity index (χ2v) is 5.17. The van der Waals surface area contributed by atoms with Gasteiger partial charge < -0.3 is 14.5 Å². The minimum atomic E-state index is -0.347. The van der Waals surface area contributed by atoms with Gasteiger partial charge >= 0.3 is 0 Å². The van der Waals surface area contributed by atoms with Crippen molar-refractivity contribution in [2.24, 2.45) is 5.92 Å². The molecule has 0 spiro atoms. The third-order valence-electron chi connectivity index (χ3n) is 3.56. The van der Waals surface area contributed by atoms with E-state index in [4.69, 9.17) is 9.15 Å². The predicted octanol–water partition coefficient (Wildman–Crippen LogP) is 2.73. The highest BCUT2D eigenvalue weighted by atomic mass is 19.1. The molecule has 1 aliphatic rings. The Labute approximate surface area is 115 Å². The lowest BCUT2D eigenvalue weighted by Crippen LogP contribution is -2.39. The number of methoxy groups -OCH3 is 1. The molecule has 3 rings (SSSR count). The maximum Gasteiger partial charge on any atom is 0.287 e. The standard InChI is InChI=1S/C15H16FNO3/c1-19-8-12(9-2-3-9)17-15(18)14-7-10-6-11(16)4-5-13(10)20-14/h4-7,9,12H,2-3,8H2,1H3,(H,17,18). The molecule has 1 N–H and O–H groups in total. The maximum absolute atomic E-state index is 13.1. The van der Waals surface area contributed by atoms with Crippen LogP contribution in [0.15, 0.2) is 28.7 Å². The van der Waals surface area contributed by atoms with E-state index >= 15 is 0 Å². The van der Waals surface area contributed by atoms with E-state index in [1.54, 1.807) is 13.2 Å². The van der Waals surface area contributed by atoms with Gasteiger partial charge in [0.25, 0.3) is 5.91 Å². The van der Waals surface area contributed by atoms with E-state index in [0.717, 1.165) is 12.8 Å². The van der Waals surface area contributed by atoms with Crippen molar-refractivity contribution >= 4 is 16.9 Å².